The number of nitrogens with zero attached hydrogens (tertiary/aromatic N) is 1. The summed E-state index contributed by atoms with van der Waals surface area (Å²) in [7, 11) is 0. The highest BCUT2D eigenvalue weighted by Gasteiger charge is 2.32. The lowest BCUT2D eigenvalue weighted by molar-refractivity contribution is -0.119. The summed E-state index contributed by atoms with van der Waals surface area (Å²) in [5, 5.41) is 0. The predicted octanol–water partition coefficient (Wildman–Crippen LogP) is 3.44. The van der Waals surface area contributed by atoms with Crippen LogP contribution in [0.1, 0.15) is 29.9 Å². The molecule has 1 fully saturated rings. The van der Waals surface area contributed by atoms with E-state index in [0.717, 1.165) is 25.8 Å². The van der Waals surface area contributed by atoms with Crippen molar-refractivity contribution in [1.29, 1.82) is 0 Å². The Hall–Kier alpha value is -2.09. The van der Waals surface area contributed by atoms with E-state index in [1.54, 1.807) is 0 Å². The summed E-state index contributed by atoms with van der Waals surface area (Å²) in [6.07, 6.45) is 3.18. The van der Waals surface area contributed by atoms with Crippen molar-refractivity contribution >= 4 is 6.41 Å². The molecule has 0 radical (unpaired) electrons. The van der Waals surface area contributed by atoms with Crippen molar-refractivity contribution in [2.45, 2.75) is 24.8 Å². The first kappa shape index (κ1) is 12.9. The van der Waals surface area contributed by atoms with E-state index in [4.69, 9.17) is 0 Å². The van der Waals surface area contributed by atoms with Crippen LogP contribution in [0, 0.1) is 0 Å². The fraction of sp³-hybridized carbons (Fsp3) is 0.278. The predicted molar refractivity (Wildman–Crippen MR) is 80.5 cm³/mol. The minimum absolute atomic E-state index is 0.269. The molecule has 1 atom stereocenters. The van der Waals surface area contributed by atoms with Crippen molar-refractivity contribution in [1.82, 2.24) is 4.90 Å². The molecule has 2 aromatic carbocycles. The minimum atomic E-state index is 0.269. The lowest BCUT2D eigenvalue weighted by atomic mass is 9.84. The largest absolute Gasteiger partial charge is 0.341 e. The second-order valence-corrected chi connectivity index (χ2v) is 5.35. The van der Waals surface area contributed by atoms with E-state index in [0.29, 0.717) is 0 Å². The Balaban J connectivity index is 2.02. The normalized spacial score (nSPS) is 18.4. The molecular weight excluding hydrogens is 246 g/mol. The van der Waals surface area contributed by atoms with Crippen molar-refractivity contribution in [3.05, 3.63) is 71.8 Å². The van der Waals surface area contributed by atoms with Gasteiger partial charge in [-0.25, -0.2) is 0 Å². The van der Waals surface area contributed by atoms with Crippen molar-refractivity contribution in [2.75, 3.05) is 6.54 Å². The number of hydrogen-bond acceptors (Lipinski definition) is 1. The zero-order chi connectivity index (χ0) is 13.8. The third kappa shape index (κ3) is 2.46. The van der Waals surface area contributed by atoms with Crippen molar-refractivity contribution in [3.63, 3.8) is 0 Å². The van der Waals surface area contributed by atoms with Crippen LogP contribution >= 0.6 is 0 Å². The quantitative estimate of drug-likeness (QED) is 0.775. The second-order valence-electron chi connectivity index (χ2n) is 5.35. The molecule has 102 valence electrons. The van der Waals surface area contributed by atoms with Gasteiger partial charge in [0.25, 0.3) is 0 Å². The van der Waals surface area contributed by atoms with Crippen molar-refractivity contribution in [3.8, 4) is 0 Å². The molecule has 0 saturated carbocycles. The second kappa shape index (κ2) is 5.91. The summed E-state index contributed by atoms with van der Waals surface area (Å²) in [6.45, 7) is 0.879. The van der Waals surface area contributed by atoms with Gasteiger partial charge in [0, 0.05) is 18.5 Å². The first-order valence-electron chi connectivity index (χ1n) is 7.21. The number of rotatable bonds is 4. The van der Waals surface area contributed by atoms with Gasteiger partial charge in [0.05, 0.1) is 0 Å². The van der Waals surface area contributed by atoms with Gasteiger partial charge in [0.1, 0.15) is 0 Å². The van der Waals surface area contributed by atoms with Crippen LogP contribution in [-0.2, 0) is 4.79 Å². The van der Waals surface area contributed by atoms with Gasteiger partial charge in [0.2, 0.25) is 6.41 Å². The first-order chi connectivity index (χ1) is 9.90. The molecule has 1 heterocycles. The number of carbonyl (C=O) groups excluding carboxylic acids is 1. The van der Waals surface area contributed by atoms with Gasteiger partial charge in [-0.1, -0.05) is 60.7 Å². The Morgan fingerprint density at radius 3 is 2.00 bits per heavy atom. The van der Waals surface area contributed by atoms with E-state index in [2.05, 4.69) is 48.5 Å². The topological polar surface area (TPSA) is 20.3 Å². The van der Waals surface area contributed by atoms with Crippen molar-refractivity contribution < 1.29 is 4.79 Å². The number of likely N-dealkylation sites (tertiary alicyclic amines) is 1. The summed E-state index contributed by atoms with van der Waals surface area (Å²) in [4.78, 5) is 13.3. The number of amides is 1. The third-order valence-electron chi connectivity index (χ3n) is 4.18. The molecule has 2 nitrogen and oxygen atoms in total. The maximum Gasteiger partial charge on any atom is 0.209 e. The van der Waals surface area contributed by atoms with Crippen molar-refractivity contribution in [2.24, 2.45) is 0 Å². The Morgan fingerprint density at radius 1 is 0.950 bits per heavy atom. The van der Waals surface area contributed by atoms with Gasteiger partial charge in [-0.2, -0.15) is 0 Å². The fourth-order valence-corrected chi connectivity index (χ4v) is 3.26. The Bertz CT molecular complexity index is 513. The molecule has 0 aromatic heterocycles. The van der Waals surface area contributed by atoms with Gasteiger partial charge in [-0.15, -0.1) is 0 Å². The average molecular weight is 265 g/mol. The molecule has 0 N–H and O–H groups in total. The Morgan fingerprint density at radius 2 is 1.50 bits per heavy atom. The summed E-state index contributed by atoms with van der Waals surface area (Å²) in [5.74, 6) is 0.269. The van der Waals surface area contributed by atoms with Crippen LogP contribution in [0.2, 0.25) is 0 Å². The summed E-state index contributed by atoms with van der Waals surface area (Å²) < 4.78 is 0. The van der Waals surface area contributed by atoms with E-state index in [1.165, 1.54) is 11.1 Å². The lowest BCUT2D eigenvalue weighted by Gasteiger charge is -2.30. The molecule has 0 bridgehead atoms. The molecule has 20 heavy (non-hydrogen) atoms. The van der Waals surface area contributed by atoms with Gasteiger partial charge in [-0.3, -0.25) is 4.79 Å². The molecule has 1 amide bonds. The summed E-state index contributed by atoms with van der Waals surface area (Å²) in [6, 6.07) is 21.3. The SMILES string of the molecule is O=CN1CCC[C@@H]1C(c1ccccc1)c1ccccc1. The van der Waals surface area contributed by atoms with Crippen LogP contribution in [0.4, 0.5) is 0 Å². The van der Waals surface area contributed by atoms with Gasteiger partial charge in [0.15, 0.2) is 0 Å². The molecule has 2 aromatic rings. The third-order valence-corrected chi connectivity index (χ3v) is 4.18. The van der Waals surface area contributed by atoms with Gasteiger partial charge < -0.3 is 4.90 Å². The van der Waals surface area contributed by atoms with Crippen LogP contribution in [0.5, 0.6) is 0 Å². The zero-order valence-electron chi connectivity index (χ0n) is 11.5. The van der Waals surface area contributed by atoms with E-state index in [9.17, 15) is 4.79 Å². The minimum Gasteiger partial charge on any atom is -0.341 e. The maximum atomic E-state index is 11.3. The van der Waals surface area contributed by atoms with Crippen LogP contribution in [-0.4, -0.2) is 23.9 Å². The lowest BCUT2D eigenvalue weighted by Crippen LogP contribution is -2.33. The smallest absolute Gasteiger partial charge is 0.209 e. The summed E-state index contributed by atoms with van der Waals surface area (Å²) >= 11 is 0. The van der Waals surface area contributed by atoms with E-state index in [-0.39, 0.29) is 12.0 Å². The summed E-state index contributed by atoms with van der Waals surface area (Å²) in [5.41, 5.74) is 2.58. The number of carbonyl (C=O) groups is 1. The molecule has 2 heteroatoms. The molecule has 1 aliphatic rings. The molecule has 0 unspecified atom stereocenters. The van der Waals surface area contributed by atoms with Crippen LogP contribution in [0.15, 0.2) is 60.7 Å². The number of hydrogen-bond donors (Lipinski definition) is 0. The highest BCUT2D eigenvalue weighted by atomic mass is 16.1. The zero-order valence-corrected chi connectivity index (χ0v) is 11.5. The molecule has 1 saturated heterocycles. The molecule has 3 rings (SSSR count). The van der Waals surface area contributed by atoms with Gasteiger partial charge in [-0.05, 0) is 24.0 Å². The van der Waals surface area contributed by atoms with Crippen LogP contribution in [0.3, 0.4) is 0 Å². The van der Waals surface area contributed by atoms with E-state index < -0.39 is 0 Å². The number of benzene rings is 2. The Labute approximate surface area is 120 Å². The molecule has 0 aliphatic carbocycles. The molecule has 0 spiro atoms. The van der Waals surface area contributed by atoms with Gasteiger partial charge >= 0.3 is 0 Å². The Kier molecular flexibility index (Phi) is 3.82. The standard InChI is InChI=1S/C18H19NO/c20-14-19-13-7-12-17(19)18(15-8-3-1-4-9-15)16-10-5-2-6-11-16/h1-6,8-11,14,17-18H,7,12-13H2/t17-/m1/s1. The molecule has 1 aliphatic heterocycles. The van der Waals surface area contributed by atoms with Crippen LogP contribution < -0.4 is 0 Å². The van der Waals surface area contributed by atoms with E-state index in [1.807, 2.05) is 17.0 Å². The highest BCUT2D eigenvalue weighted by Crippen LogP contribution is 2.35. The highest BCUT2D eigenvalue weighted by molar-refractivity contribution is 5.50. The van der Waals surface area contributed by atoms with E-state index >= 15 is 0 Å². The maximum absolute atomic E-state index is 11.3. The monoisotopic (exact) mass is 265 g/mol. The first-order valence-corrected chi connectivity index (χ1v) is 7.21. The molecular formula is C18H19NO. The van der Waals surface area contributed by atoms with Crippen LogP contribution in [0.25, 0.3) is 0 Å². The average Bonchev–Trinajstić information content (AvgIpc) is 2.98. The fourth-order valence-electron chi connectivity index (χ4n) is 3.26.